The Morgan fingerprint density at radius 2 is 1.28 bits per heavy atom. The van der Waals surface area contributed by atoms with E-state index in [4.69, 9.17) is 37.8 Å². The zero-order chi connectivity index (χ0) is 22.3. The van der Waals surface area contributed by atoms with Crippen LogP contribution in [0, 0.1) is 13.8 Å². The molecule has 0 radical (unpaired) electrons. The van der Waals surface area contributed by atoms with Gasteiger partial charge in [-0.1, -0.05) is 35.4 Å². The topological polar surface area (TPSA) is 30.9 Å². The van der Waals surface area contributed by atoms with Gasteiger partial charge in [-0.3, -0.25) is 0 Å². The summed E-state index contributed by atoms with van der Waals surface area (Å²) in [6.45, 7) is 13.4. The molecule has 0 aliphatic carbocycles. The van der Waals surface area contributed by atoms with Gasteiger partial charge in [-0.05, 0) is 51.2 Å². The Morgan fingerprint density at radius 1 is 0.828 bits per heavy atom. The monoisotopic (exact) mass is 451 g/mol. The fourth-order valence-corrected chi connectivity index (χ4v) is 2.35. The van der Waals surface area contributed by atoms with E-state index in [1.807, 2.05) is 13.8 Å². The molecule has 0 aliphatic rings. The molecule has 0 saturated heterocycles. The van der Waals surface area contributed by atoms with Crippen molar-refractivity contribution in [2.45, 2.75) is 39.7 Å². The molecule has 0 N–H and O–H groups in total. The van der Waals surface area contributed by atoms with Gasteiger partial charge < -0.3 is 18.7 Å². The van der Waals surface area contributed by atoms with Gasteiger partial charge in [0.15, 0.2) is 0 Å². The summed E-state index contributed by atoms with van der Waals surface area (Å²) in [5, 5.41) is 0. The van der Waals surface area contributed by atoms with Crippen LogP contribution in [0.2, 0.25) is 0 Å². The molecule has 0 aromatic heterocycles. The first-order chi connectivity index (χ1) is 13.5. The molecule has 5 nitrogen and oxygen atoms in total. The van der Waals surface area contributed by atoms with Crippen LogP contribution in [0.15, 0.2) is 24.3 Å². The van der Waals surface area contributed by atoms with Crippen molar-refractivity contribution in [2.24, 2.45) is 0 Å². The summed E-state index contributed by atoms with van der Waals surface area (Å²) in [6, 6.07) is 8.48. The quantitative estimate of drug-likeness (QED) is 0.244. The second-order valence-corrected chi connectivity index (χ2v) is 9.40. The first-order valence-electron chi connectivity index (χ1n) is 10.1. The van der Waals surface area contributed by atoms with Gasteiger partial charge in [0.2, 0.25) is 0 Å². The maximum atomic E-state index is 5.84. The highest BCUT2D eigenvalue weighted by molar-refractivity contribution is 6.34. The average molecular weight is 452 g/mol. The lowest BCUT2D eigenvalue weighted by atomic mass is 10.0. The van der Waals surface area contributed by atoms with Crippen molar-refractivity contribution in [3.63, 3.8) is 0 Å². The van der Waals surface area contributed by atoms with Crippen LogP contribution in [0.1, 0.15) is 31.4 Å². The standard InChI is InChI=1S/C14H31Cl2N2O3.C8H10/c1-14(2,17(15)16)6-7-18(3,4)8-9-20-12-13-21-11-10-19-5;1-7-3-5-8(2)6-4-7/h6-13H2,1-5H3;3-6H,1-2H3/q+1;. The van der Waals surface area contributed by atoms with Crippen molar-refractivity contribution >= 4 is 23.6 Å². The number of methoxy groups -OCH3 is 1. The number of benzene rings is 1. The SMILES string of the molecule is COCCOCCOCC[N+](C)(C)CCC(C)(C)N(Cl)Cl.Cc1ccc(C)cc1. The summed E-state index contributed by atoms with van der Waals surface area (Å²) < 4.78 is 17.9. The number of likely N-dealkylation sites (N-methyl/N-ethyl adjacent to an activating group) is 1. The van der Waals surface area contributed by atoms with E-state index in [2.05, 4.69) is 52.2 Å². The number of hydrogen-bond donors (Lipinski definition) is 0. The van der Waals surface area contributed by atoms with Crippen molar-refractivity contribution in [3.05, 3.63) is 35.4 Å². The van der Waals surface area contributed by atoms with Crippen molar-refractivity contribution in [1.29, 1.82) is 0 Å². The molecule has 0 spiro atoms. The highest BCUT2D eigenvalue weighted by atomic mass is 35.5. The molecule has 0 atom stereocenters. The summed E-state index contributed by atoms with van der Waals surface area (Å²) in [4.78, 5) is 0. The smallest absolute Gasteiger partial charge is 0.102 e. The lowest BCUT2D eigenvalue weighted by molar-refractivity contribution is -0.891. The Kier molecular flexibility index (Phi) is 15.2. The highest BCUT2D eigenvalue weighted by Gasteiger charge is 2.28. The number of hydrogen-bond acceptors (Lipinski definition) is 4. The third-order valence-electron chi connectivity index (χ3n) is 4.65. The molecule has 170 valence electrons. The number of quaternary nitrogens is 1. The number of halogens is 2. The summed E-state index contributed by atoms with van der Waals surface area (Å²) >= 11 is 11.7. The normalized spacial score (nSPS) is 12.1. The van der Waals surface area contributed by atoms with Crippen molar-refractivity contribution in [3.8, 4) is 0 Å². The maximum Gasteiger partial charge on any atom is 0.102 e. The minimum Gasteiger partial charge on any atom is -0.382 e. The molecule has 0 aliphatic heterocycles. The Hall–Kier alpha value is -0.400. The fourth-order valence-electron chi connectivity index (χ4n) is 2.19. The van der Waals surface area contributed by atoms with Gasteiger partial charge in [0.1, 0.15) is 6.54 Å². The zero-order valence-corrected chi connectivity index (χ0v) is 20.9. The molecular formula is C22H41Cl2N2O3+. The number of aryl methyl sites for hydroxylation is 2. The molecule has 1 aromatic carbocycles. The van der Waals surface area contributed by atoms with Gasteiger partial charge in [0.05, 0.1) is 59.2 Å². The average Bonchev–Trinajstić information content (AvgIpc) is 2.65. The second kappa shape index (κ2) is 15.4. The van der Waals surface area contributed by atoms with Gasteiger partial charge in [-0.25, -0.2) is 0 Å². The van der Waals surface area contributed by atoms with Crippen LogP contribution in [0.4, 0.5) is 0 Å². The van der Waals surface area contributed by atoms with E-state index in [0.717, 1.165) is 24.0 Å². The molecular weight excluding hydrogens is 411 g/mol. The first-order valence-corrected chi connectivity index (χ1v) is 10.8. The summed E-state index contributed by atoms with van der Waals surface area (Å²) in [7, 11) is 6.03. The van der Waals surface area contributed by atoms with Crippen molar-refractivity contribution in [2.75, 3.05) is 67.3 Å². The van der Waals surface area contributed by atoms with Crippen LogP contribution in [-0.4, -0.2) is 81.3 Å². The van der Waals surface area contributed by atoms with Crippen LogP contribution in [-0.2, 0) is 14.2 Å². The minimum atomic E-state index is -0.228. The minimum absolute atomic E-state index is 0.228. The van der Waals surface area contributed by atoms with E-state index >= 15 is 0 Å². The molecule has 7 heteroatoms. The number of ether oxygens (including phenoxy) is 3. The van der Waals surface area contributed by atoms with Gasteiger partial charge in [0.25, 0.3) is 0 Å². The van der Waals surface area contributed by atoms with Crippen molar-refractivity contribution in [1.82, 2.24) is 3.94 Å². The van der Waals surface area contributed by atoms with E-state index < -0.39 is 0 Å². The number of rotatable bonds is 13. The largest absolute Gasteiger partial charge is 0.382 e. The predicted molar refractivity (Wildman–Crippen MR) is 124 cm³/mol. The van der Waals surface area contributed by atoms with Crippen LogP contribution >= 0.6 is 23.6 Å². The molecule has 0 amide bonds. The van der Waals surface area contributed by atoms with Gasteiger partial charge in [-0.2, -0.15) is 0 Å². The van der Waals surface area contributed by atoms with Crippen LogP contribution < -0.4 is 0 Å². The molecule has 1 aromatic rings. The number of nitrogens with zero attached hydrogens (tertiary/aromatic N) is 2. The summed E-state index contributed by atoms with van der Waals surface area (Å²) in [6.07, 6.45) is 0.910. The van der Waals surface area contributed by atoms with Crippen LogP contribution in [0.3, 0.4) is 0 Å². The fraction of sp³-hybridized carbons (Fsp3) is 0.727. The van der Waals surface area contributed by atoms with Gasteiger partial charge in [-0.15, -0.1) is 3.94 Å². The second-order valence-electron chi connectivity index (χ2n) is 8.55. The summed E-state index contributed by atoms with van der Waals surface area (Å²) in [5.41, 5.74) is 2.43. The van der Waals surface area contributed by atoms with Crippen LogP contribution in [0.25, 0.3) is 0 Å². The zero-order valence-electron chi connectivity index (χ0n) is 19.3. The van der Waals surface area contributed by atoms with Gasteiger partial charge in [0, 0.05) is 13.5 Å². The molecule has 1 rings (SSSR count). The Morgan fingerprint density at radius 3 is 1.72 bits per heavy atom. The molecule has 0 fully saturated rings. The van der Waals surface area contributed by atoms with E-state index in [-0.39, 0.29) is 5.54 Å². The van der Waals surface area contributed by atoms with Gasteiger partial charge >= 0.3 is 0 Å². The van der Waals surface area contributed by atoms with E-state index in [1.54, 1.807) is 7.11 Å². The highest BCUT2D eigenvalue weighted by Crippen LogP contribution is 2.24. The van der Waals surface area contributed by atoms with E-state index in [1.165, 1.54) is 15.1 Å². The third kappa shape index (κ3) is 16.0. The Labute approximate surface area is 188 Å². The van der Waals surface area contributed by atoms with Crippen LogP contribution in [0.5, 0.6) is 0 Å². The predicted octanol–water partition coefficient (Wildman–Crippen LogP) is 4.82. The summed E-state index contributed by atoms with van der Waals surface area (Å²) in [5.74, 6) is 0. The Balaban J connectivity index is 0.000000807. The van der Waals surface area contributed by atoms with E-state index in [9.17, 15) is 0 Å². The Bertz CT molecular complexity index is 502. The lowest BCUT2D eigenvalue weighted by Crippen LogP contribution is -2.46. The van der Waals surface area contributed by atoms with Crippen molar-refractivity contribution < 1.29 is 18.7 Å². The van der Waals surface area contributed by atoms with E-state index in [0.29, 0.717) is 33.0 Å². The maximum absolute atomic E-state index is 5.84. The first kappa shape index (κ1) is 28.6. The molecule has 0 bridgehead atoms. The molecule has 0 unspecified atom stereocenters. The third-order valence-corrected chi connectivity index (χ3v) is 5.56. The molecule has 29 heavy (non-hydrogen) atoms. The lowest BCUT2D eigenvalue weighted by Gasteiger charge is -2.34. The molecule has 0 saturated carbocycles. The molecule has 0 heterocycles.